The lowest BCUT2D eigenvalue weighted by Gasteiger charge is -2.52. The van der Waals surface area contributed by atoms with Gasteiger partial charge in [-0.2, -0.15) is 5.10 Å². The number of aromatic nitrogens is 2. The molecule has 0 spiro atoms. The molecule has 20 heteroatoms. The molecule has 16 nitrogen and oxygen atoms in total. The fraction of sp³-hybridized carbons (Fsp3) is 0.508. The predicted octanol–water partition coefficient (Wildman–Crippen LogP) is 6.47. The molecule has 5 aliphatic heterocycles. The number of piperidine rings is 3. The normalized spacial score (nSPS) is 22.2. The van der Waals surface area contributed by atoms with Crippen LogP contribution in [0.5, 0.6) is 0 Å². The zero-order valence-electron chi connectivity index (χ0n) is 46.9. The molecule has 2 bridgehead atoms. The van der Waals surface area contributed by atoms with Crippen LogP contribution in [0.4, 0.5) is 17.6 Å². The van der Waals surface area contributed by atoms with Gasteiger partial charge in [-0.3, -0.25) is 33.7 Å². The van der Waals surface area contributed by atoms with E-state index in [9.17, 15) is 37.5 Å². The number of rotatable bonds is 16. The number of fused-ring (bicyclic) bond motifs is 4. The molecule has 7 fully saturated rings. The van der Waals surface area contributed by atoms with E-state index >= 15 is 8.78 Å². The summed E-state index contributed by atoms with van der Waals surface area (Å²) in [5.74, 6) is -3.70. The standard InChI is InChI=1S/C63H74F4N10O6/c64-46-18-16-42(54(66)33-46)34-68-35-56(78)76-21-7-10-44(37-76)48-13-6-14-51(58(48)67)60(80)69-59(41-8-2-1-3-9-41)63(83)77-38-43-17-19-47(77)32-45(43)36-72-22-24-73(25-23-72)39-57(79)74-26-28-75(29-27-74)62(82)52-30-40(15-20-53(52)65)31-55-49-11-4-5-12-50(49)61(81)71-70-55/h4-6,11-16,18,20,30,33,41,43-45,47,59,68H,1-3,7-10,17,19,21-29,31-32,34-39H2,(H,69,80)(H,71,81)/t43?,44?,45?,47?,59-/m1/s1. The number of amides is 5. The zero-order chi connectivity index (χ0) is 57.7. The molecule has 2 saturated carbocycles. The van der Waals surface area contributed by atoms with Crippen molar-refractivity contribution in [1.29, 1.82) is 0 Å². The maximum Gasteiger partial charge on any atom is 0.272 e. The van der Waals surface area contributed by atoms with Crippen molar-refractivity contribution in [2.45, 2.75) is 95.2 Å². The molecular weight excluding hydrogens is 1070 g/mol. The van der Waals surface area contributed by atoms with E-state index in [2.05, 4.69) is 30.6 Å². The molecule has 5 amide bonds. The molecule has 4 unspecified atom stereocenters. The van der Waals surface area contributed by atoms with Crippen molar-refractivity contribution in [2.75, 3.05) is 91.6 Å². The molecule has 5 saturated heterocycles. The van der Waals surface area contributed by atoms with E-state index in [0.717, 1.165) is 96.2 Å². The quantitative estimate of drug-likeness (QED) is 0.0930. The Labute approximate surface area is 480 Å². The van der Waals surface area contributed by atoms with Crippen LogP contribution in [0.15, 0.2) is 83.7 Å². The Hall–Kier alpha value is -7.03. The molecule has 440 valence electrons. The Morgan fingerprint density at radius 2 is 1.43 bits per heavy atom. The van der Waals surface area contributed by atoms with E-state index in [1.807, 2.05) is 17.0 Å². The highest BCUT2D eigenvalue weighted by Crippen LogP contribution is 2.41. The highest BCUT2D eigenvalue weighted by molar-refractivity contribution is 5.98. The van der Waals surface area contributed by atoms with Crippen LogP contribution in [0, 0.1) is 41.0 Å². The van der Waals surface area contributed by atoms with E-state index < -0.39 is 41.1 Å². The van der Waals surface area contributed by atoms with E-state index in [1.54, 1.807) is 51.1 Å². The first kappa shape index (κ1) is 57.8. The van der Waals surface area contributed by atoms with Crippen molar-refractivity contribution in [3.8, 4) is 0 Å². The third kappa shape index (κ3) is 13.2. The molecule has 6 heterocycles. The summed E-state index contributed by atoms with van der Waals surface area (Å²) in [7, 11) is 0. The van der Waals surface area contributed by atoms with Crippen molar-refractivity contribution < 1.29 is 41.5 Å². The van der Waals surface area contributed by atoms with E-state index in [4.69, 9.17) is 0 Å². The van der Waals surface area contributed by atoms with Crippen LogP contribution in [0.2, 0.25) is 0 Å². The van der Waals surface area contributed by atoms with Gasteiger partial charge in [0, 0.05) is 120 Å². The number of carbonyl (C=O) groups is 5. The molecule has 3 N–H and O–H groups in total. The van der Waals surface area contributed by atoms with Crippen molar-refractivity contribution in [1.82, 2.24) is 50.2 Å². The first-order valence-electron chi connectivity index (χ1n) is 29.8. The first-order chi connectivity index (χ1) is 40.2. The largest absolute Gasteiger partial charge is 0.341 e. The van der Waals surface area contributed by atoms with Gasteiger partial charge in [0.2, 0.25) is 17.7 Å². The molecule has 4 aromatic carbocycles. The number of aromatic amines is 1. The van der Waals surface area contributed by atoms with E-state index in [-0.39, 0.29) is 97.1 Å². The number of H-pyrrole nitrogens is 1. The Bertz CT molecular complexity index is 3270. The summed E-state index contributed by atoms with van der Waals surface area (Å²) in [5.41, 5.74) is 1.42. The predicted molar refractivity (Wildman–Crippen MR) is 304 cm³/mol. The molecule has 2 aliphatic carbocycles. The van der Waals surface area contributed by atoms with Crippen LogP contribution in [-0.2, 0) is 27.3 Å². The number of halogens is 4. The summed E-state index contributed by atoms with van der Waals surface area (Å²) >= 11 is 0. The van der Waals surface area contributed by atoms with Gasteiger partial charge in [-0.15, -0.1) is 0 Å². The van der Waals surface area contributed by atoms with Gasteiger partial charge < -0.3 is 35.1 Å². The minimum Gasteiger partial charge on any atom is -0.341 e. The highest BCUT2D eigenvalue weighted by atomic mass is 19.1. The van der Waals surface area contributed by atoms with Crippen molar-refractivity contribution in [3.05, 3.63) is 146 Å². The van der Waals surface area contributed by atoms with Crippen molar-refractivity contribution >= 4 is 40.3 Å². The third-order valence-corrected chi connectivity index (χ3v) is 18.7. The van der Waals surface area contributed by atoms with Crippen LogP contribution in [0.25, 0.3) is 10.8 Å². The molecule has 7 aliphatic rings. The van der Waals surface area contributed by atoms with Gasteiger partial charge >= 0.3 is 0 Å². The zero-order valence-corrected chi connectivity index (χ0v) is 46.9. The second kappa shape index (κ2) is 25.9. The van der Waals surface area contributed by atoms with E-state index in [1.165, 1.54) is 18.2 Å². The molecule has 1 aromatic heterocycles. The minimum atomic E-state index is -0.779. The average Bonchev–Trinajstić information content (AvgIpc) is 3.71. The average molecular weight is 1140 g/mol. The fourth-order valence-electron chi connectivity index (χ4n) is 14.0. The summed E-state index contributed by atoms with van der Waals surface area (Å²) < 4.78 is 59.4. The summed E-state index contributed by atoms with van der Waals surface area (Å²) in [6, 6.07) is 18.9. The lowest BCUT2D eigenvalue weighted by Crippen LogP contribution is -2.62. The highest BCUT2D eigenvalue weighted by Gasteiger charge is 2.46. The molecule has 83 heavy (non-hydrogen) atoms. The van der Waals surface area contributed by atoms with Crippen LogP contribution in [0.3, 0.4) is 0 Å². The second-order valence-corrected chi connectivity index (χ2v) is 23.8. The first-order valence-corrected chi connectivity index (χ1v) is 29.8. The van der Waals surface area contributed by atoms with Crippen LogP contribution >= 0.6 is 0 Å². The Morgan fingerprint density at radius 3 is 2.19 bits per heavy atom. The smallest absolute Gasteiger partial charge is 0.272 e. The summed E-state index contributed by atoms with van der Waals surface area (Å²) in [5, 5.41) is 14.0. The number of benzene rings is 4. The van der Waals surface area contributed by atoms with Gasteiger partial charge in [0.25, 0.3) is 17.4 Å². The van der Waals surface area contributed by atoms with Gasteiger partial charge in [-0.05, 0) is 104 Å². The van der Waals surface area contributed by atoms with Gasteiger partial charge in [-0.1, -0.05) is 61.7 Å². The molecular formula is C63H74F4N10O6. The number of carbonyl (C=O) groups excluding carboxylic acids is 5. The summed E-state index contributed by atoms with van der Waals surface area (Å²) in [6.45, 7) is 6.89. The number of piperazine rings is 2. The monoisotopic (exact) mass is 1140 g/mol. The molecule has 12 rings (SSSR count). The Morgan fingerprint density at radius 1 is 0.675 bits per heavy atom. The maximum atomic E-state index is 16.6. The molecule has 5 aromatic rings. The summed E-state index contributed by atoms with van der Waals surface area (Å²) in [4.78, 5) is 93.7. The summed E-state index contributed by atoms with van der Waals surface area (Å²) in [6.07, 6.45) is 8.92. The van der Waals surface area contributed by atoms with Crippen molar-refractivity contribution in [3.63, 3.8) is 0 Å². The van der Waals surface area contributed by atoms with Crippen LogP contribution < -0.4 is 16.2 Å². The molecule has 0 radical (unpaired) electrons. The third-order valence-electron chi connectivity index (χ3n) is 18.7. The Kier molecular flexibility index (Phi) is 18.0. The topological polar surface area (TPSA) is 175 Å². The SMILES string of the molecule is O=C(N[C@@H](C(=O)N1CC2CCC1CC2CN1CCN(CC(=O)N2CCN(C(=O)c3cc(Cc4n[nH]c(=O)c5ccccc45)ccc3F)CC2)CC1)C1CCCCC1)c1cccc(C2CCCN(C(=O)CNCc3ccc(F)cc3F)C2)c1F. The molecule has 5 atom stereocenters. The fourth-order valence-corrected chi connectivity index (χ4v) is 14.0. The lowest BCUT2D eigenvalue weighted by molar-refractivity contribution is -0.145. The number of nitrogens with zero attached hydrogens (tertiary/aromatic N) is 7. The number of hydrogen-bond acceptors (Lipinski definition) is 10. The van der Waals surface area contributed by atoms with Gasteiger partial charge in [0.1, 0.15) is 29.3 Å². The number of nitrogens with one attached hydrogen (secondary N) is 3. The number of hydrogen-bond donors (Lipinski definition) is 3. The van der Waals surface area contributed by atoms with Gasteiger partial charge in [0.05, 0.1) is 35.3 Å². The van der Waals surface area contributed by atoms with Crippen LogP contribution in [-0.4, -0.2) is 173 Å². The Balaban J connectivity index is 0.638. The minimum absolute atomic E-state index is 0.00346. The van der Waals surface area contributed by atoms with Gasteiger partial charge in [0.15, 0.2) is 0 Å². The lowest BCUT2D eigenvalue weighted by atomic mass is 9.71. The second-order valence-electron chi connectivity index (χ2n) is 23.8. The van der Waals surface area contributed by atoms with E-state index in [0.29, 0.717) is 84.9 Å². The van der Waals surface area contributed by atoms with Crippen molar-refractivity contribution in [2.24, 2.45) is 17.8 Å². The van der Waals surface area contributed by atoms with Gasteiger partial charge in [-0.25, -0.2) is 22.7 Å². The maximum absolute atomic E-state index is 16.6. The van der Waals surface area contributed by atoms with Crippen LogP contribution in [0.1, 0.15) is 113 Å². The number of likely N-dealkylation sites (tertiary alicyclic amines) is 1.